The zero-order valence-electron chi connectivity index (χ0n) is 10.8. The van der Waals surface area contributed by atoms with Crippen LogP contribution >= 0.6 is 0 Å². The van der Waals surface area contributed by atoms with E-state index in [0.717, 1.165) is 19.3 Å². The Morgan fingerprint density at radius 2 is 2.00 bits per heavy atom. The van der Waals surface area contributed by atoms with Gasteiger partial charge in [0, 0.05) is 18.3 Å². The van der Waals surface area contributed by atoms with E-state index in [1.54, 1.807) is 0 Å². The molecule has 0 aromatic carbocycles. The summed E-state index contributed by atoms with van der Waals surface area (Å²) in [7, 11) is 0. The molecule has 2 saturated carbocycles. The molecule has 1 aromatic rings. The van der Waals surface area contributed by atoms with Crippen LogP contribution in [0.2, 0.25) is 0 Å². The van der Waals surface area contributed by atoms with E-state index in [2.05, 4.69) is 10.3 Å². The number of hydrogen-bond donors (Lipinski definition) is 3. The van der Waals surface area contributed by atoms with Crippen LogP contribution in [0.5, 0.6) is 0 Å². The third-order valence-corrected chi connectivity index (χ3v) is 4.55. The summed E-state index contributed by atoms with van der Waals surface area (Å²) in [5.74, 6) is -1.21. The van der Waals surface area contributed by atoms with Gasteiger partial charge in [0.25, 0.3) is 5.91 Å². The lowest BCUT2D eigenvalue weighted by Gasteiger charge is -2.28. The second-order valence-electron chi connectivity index (χ2n) is 5.64. The molecule has 0 saturated heterocycles. The van der Waals surface area contributed by atoms with E-state index in [1.807, 2.05) is 0 Å². The second kappa shape index (κ2) is 4.77. The Morgan fingerprint density at radius 3 is 2.65 bits per heavy atom. The summed E-state index contributed by atoms with van der Waals surface area (Å²) < 4.78 is 0. The first-order chi connectivity index (χ1) is 9.56. The van der Waals surface area contributed by atoms with Crippen molar-refractivity contribution in [3.05, 3.63) is 34.2 Å². The molecule has 2 aliphatic rings. The minimum atomic E-state index is -0.830. The highest BCUT2D eigenvalue weighted by Gasteiger charge is 2.51. The van der Waals surface area contributed by atoms with Crippen molar-refractivity contribution in [3.63, 3.8) is 0 Å². The average Bonchev–Trinajstić information content (AvgIpc) is 3.00. The largest absolute Gasteiger partial charge is 0.481 e. The molecule has 3 rings (SSSR count). The van der Waals surface area contributed by atoms with Gasteiger partial charge in [0.05, 0.1) is 11.5 Å². The third-order valence-electron chi connectivity index (χ3n) is 4.55. The maximum atomic E-state index is 12.1. The fourth-order valence-electron chi connectivity index (χ4n) is 3.64. The predicted octanol–water partition coefficient (Wildman–Crippen LogP) is 0.604. The molecule has 1 heterocycles. The molecule has 1 amide bonds. The first-order valence-electron chi connectivity index (χ1n) is 6.78. The normalized spacial score (nSPS) is 31.2. The predicted molar refractivity (Wildman–Crippen MR) is 70.3 cm³/mol. The van der Waals surface area contributed by atoms with Gasteiger partial charge >= 0.3 is 5.97 Å². The van der Waals surface area contributed by atoms with Crippen molar-refractivity contribution in [2.75, 3.05) is 0 Å². The highest BCUT2D eigenvalue weighted by molar-refractivity contribution is 5.94. The van der Waals surface area contributed by atoms with Crippen molar-refractivity contribution in [1.82, 2.24) is 10.3 Å². The number of aromatic nitrogens is 1. The summed E-state index contributed by atoms with van der Waals surface area (Å²) in [6, 6.07) is 2.42. The molecular weight excluding hydrogens is 260 g/mol. The molecule has 1 aromatic heterocycles. The van der Waals surface area contributed by atoms with Crippen LogP contribution in [-0.4, -0.2) is 28.0 Å². The van der Waals surface area contributed by atoms with Crippen molar-refractivity contribution in [2.24, 2.45) is 17.8 Å². The van der Waals surface area contributed by atoms with Crippen molar-refractivity contribution in [2.45, 2.75) is 25.3 Å². The van der Waals surface area contributed by atoms with Gasteiger partial charge in [-0.2, -0.15) is 0 Å². The van der Waals surface area contributed by atoms with Gasteiger partial charge in [-0.1, -0.05) is 0 Å². The van der Waals surface area contributed by atoms with E-state index < -0.39 is 11.9 Å². The zero-order valence-corrected chi connectivity index (χ0v) is 10.8. The highest BCUT2D eigenvalue weighted by atomic mass is 16.4. The molecule has 2 fully saturated rings. The molecule has 4 atom stereocenters. The van der Waals surface area contributed by atoms with Crippen LogP contribution in [0.3, 0.4) is 0 Å². The molecule has 20 heavy (non-hydrogen) atoms. The Hall–Kier alpha value is -2.11. The lowest BCUT2D eigenvalue weighted by atomic mass is 9.84. The van der Waals surface area contributed by atoms with Crippen LogP contribution in [0.4, 0.5) is 0 Å². The smallest absolute Gasteiger partial charge is 0.308 e. The minimum Gasteiger partial charge on any atom is -0.481 e. The molecule has 4 unspecified atom stereocenters. The van der Waals surface area contributed by atoms with E-state index in [0.29, 0.717) is 5.56 Å². The van der Waals surface area contributed by atoms with Crippen LogP contribution in [0, 0.1) is 17.8 Å². The Labute approximate surface area is 115 Å². The van der Waals surface area contributed by atoms with Gasteiger partial charge in [0.2, 0.25) is 5.56 Å². The summed E-state index contributed by atoms with van der Waals surface area (Å²) in [5, 5.41) is 12.2. The van der Waals surface area contributed by atoms with Crippen molar-refractivity contribution in [1.29, 1.82) is 0 Å². The van der Waals surface area contributed by atoms with E-state index in [1.165, 1.54) is 18.3 Å². The summed E-state index contributed by atoms with van der Waals surface area (Å²) in [6.45, 7) is 0. The number of H-pyrrole nitrogens is 1. The number of amides is 1. The van der Waals surface area contributed by atoms with Crippen LogP contribution in [0.15, 0.2) is 23.1 Å². The summed E-state index contributed by atoms with van der Waals surface area (Å²) in [6.07, 6.45) is 4.14. The number of rotatable bonds is 3. The number of aromatic amines is 1. The summed E-state index contributed by atoms with van der Waals surface area (Å²) in [5.41, 5.74) is 0.0707. The van der Waals surface area contributed by atoms with E-state index in [-0.39, 0.29) is 29.3 Å². The number of carbonyl (C=O) groups excluding carboxylic acids is 1. The quantitative estimate of drug-likeness (QED) is 0.753. The number of nitrogens with one attached hydrogen (secondary N) is 2. The van der Waals surface area contributed by atoms with Gasteiger partial charge in [-0.25, -0.2) is 0 Å². The molecule has 106 valence electrons. The maximum Gasteiger partial charge on any atom is 0.308 e. The fourth-order valence-corrected chi connectivity index (χ4v) is 3.64. The lowest BCUT2D eigenvalue weighted by molar-refractivity contribution is -0.144. The van der Waals surface area contributed by atoms with E-state index in [9.17, 15) is 19.5 Å². The van der Waals surface area contributed by atoms with Crippen LogP contribution in [0.1, 0.15) is 29.6 Å². The number of carbonyl (C=O) groups is 2. The molecule has 6 heteroatoms. The Balaban J connectivity index is 1.76. The Kier molecular flexibility index (Phi) is 3.08. The molecule has 0 spiro atoms. The molecule has 3 N–H and O–H groups in total. The Bertz CT molecular complexity index is 589. The van der Waals surface area contributed by atoms with E-state index in [4.69, 9.17) is 0 Å². The van der Waals surface area contributed by atoms with Crippen LogP contribution in [-0.2, 0) is 4.79 Å². The monoisotopic (exact) mass is 276 g/mol. The number of pyridine rings is 1. The van der Waals surface area contributed by atoms with Gasteiger partial charge in [-0.05, 0) is 37.2 Å². The summed E-state index contributed by atoms with van der Waals surface area (Å²) in [4.78, 5) is 36.9. The second-order valence-corrected chi connectivity index (χ2v) is 5.64. The SMILES string of the molecule is O=C(NC1C2CCC(C2)C1C(=O)O)c1ccc(=O)[nH]c1. The molecule has 2 bridgehead atoms. The number of carboxylic acid groups (broad SMARTS) is 1. The summed E-state index contributed by atoms with van der Waals surface area (Å²) >= 11 is 0. The van der Waals surface area contributed by atoms with Gasteiger partial charge in [0.15, 0.2) is 0 Å². The molecule has 0 radical (unpaired) electrons. The van der Waals surface area contributed by atoms with Gasteiger partial charge < -0.3 is 15.4 Å². The van der Waals surface area contributed by atoms with E-state index >= 15 is 0 Å². The van der Waals surface area contributed by atoms with Gasteiger partial charge in [0.1, 0.15) is 0 Å². The van der Waals surface area contributed by atoms with Crippen LogP contribution < -0.4 is 10.9 Å². The average molecular weight is 276 g/mol. The zero-order chi connectivity index (χ0) is 14.3. The maximum absolute atomic E-state index is 12.1. The van der Waals surface area contributed by atoms with Gasteiger partial charge in [-0.15, -0.1) is 0 Å². The first kappa shape index (κ1) is 12.9. The number of aliphatic carboxylic acids is 1. The van der Waals surface area contributed by atoms with Crippen molar-refractivity contribution < 1.29 is 14.7 Å². The Morgan fingerprint density at radius 1 is 1.25 bits per heavy atom. The lowest BCUT2D eigenvalue weighted by Crippen LogP contribution is -2.46. The van der Waals surface area contributed by atoms with Gasteiger partial charge in [-0.3, -0.25) is 14.4 Å². The molecule has 6 nitrogen and oxygen atoms in total. The van der Waals surface area contributed by atoms with Crippen LogP contribution in [0.25, 0.3) is 0 Å². The van der Waals surface area contributed by atoms with Crippen molar-refractivity contribution in [3.8, 4) is 0 Å². The standard InChI is InChI=1S/C14H16N2O4/c17-10-4-3-9(6-15-10)13(18)16-12-8-2-1-7(5-8)11(12)14(19)20/h3-4,6-8,11-12H,1-2,5H2,(H,15,17)(H,16,18)(H,19,20). The fraction of sp³-hybridized carbons (Fsp3) is 0.500. The number of fused-ring (bicyclic) bond motifs is 2. The van der Waals surface area contributed by atoms with Crippen molar-refractivity contribution >= 4 is 11.9 Å². The molecule has 0 aliphatic heterocycles. The number of carboxylic acids is 1. The minimum absolute atomic E-state index is 0.179. The molecular formula is C14H16N2O4. The molecule has 2 aliphatic carbocycles. The highest BCUT2D eigenvalue weighted by Crippen LogP contribution is 2.48. The third kappa shape index (κ3) is 2.11. The topological polar surface area (TPSA) is 99.3 Å². The number of hydrogen-bond acceptors (Lipinski definition) is 3. The first-order valence-corrected chi connectivity index (χ1v) is 6.78.